The Morgan fingerprint density at radius 1 is 1.03 bits per heavy atom. The summed E-state index contributed by atoms with van der Waals surface area (Å²) in [7, 11) is 0. The van der Waals surface area contributed by atoms with Crippen LogP contribution in [0.25, 0.3) is 0 Å². The summed E-state index contributed by atoms with van der Waals surface area (Å²) in [4.78, 5) is 51.9. The Morgan fingerprint density at radius 2 is 1.71 bits per heavy atom. The van der Waals surface area contributed by atoms with Crippen molar-refractivity contribution in [2.45, 2.75) is 29.9 Å². The number of hydrogen-bond acceptors (Lipinski definition) is 5. The average molecular weight is 438 g/mol. The summed E-state index contributed by atoms with van der Waals surface area (Å²) in [5.74, 6) is -0.840. The van der Waals surface area contributed by atoms with Crippen LogP contribution in [-0.2, 0) is 14.4 Å². The standard InChI is InChI=1S/C23H23N3O4S/c1-14(27)15-6-8-17(9-7-15)24-21(28)16-10-12-26(13-11-16)23(30)20-22(29)25-18-4-2-3-5-19(18)31-20/h2-9,16,20H,10-13H2,1H3,(H,24,28)(H,25,29)/t20-/m1/s1. The molecule has 4 rings (SSSR count). The molecule has 0 radical (unpaired) electrons. The number of rotatable bonds is 4. The minimum absolute atomic E-state index is 0.0248. The van der Waals surface area contributed by atoms with Crippen molar-refractivity contribution in [1.82, 2.24) is 4.90 Å². The first kappa shape index (κ1) is 21.1. The third kappa shape index (κ3) is 4.64. The van der Waals surface area contributed by atoms with Crippen molar-refractivity contribution < 1.29 is 19.2 Å². The number of ketones is 1. The molecular formula is C23H23N3O4S. The molecule has 0 bridgehead atoms. The lowest BCUT2D eigenvalue weighted by atomic mass is 9.95. The predicted octanol–water partition coefficient (Wildman–Crippen LogP) is 3.18. The fourth-order valence-electron chi connectivity index (χ4n) is 3.77. The number of carbonyl (C=O) groups excluding carboxylic acids is 4. The Kier molecular flexibility index (Phi) is 6.08. The summed E-state index contributed by atoms with van der Waals surface area (Å²) >= 11 is 1.27. The number of hydrogen-bond donors (Lipinski definition) is 2. The molecule has 7 nitrogen and oxygen atoms in total. The van der Waals surface area contributed by atoms with Gasteiger partial charge in [0.05, 0.1) is 5.69 Å². The Morgan fingerprint density at radius 3 is 2.39 bits per heavy atom. The Hall–Kier alpha value is -3.13. The molecule has 31 heavy (non-hydrogen) atoms. The zero-order valence-electron chi connectivity index (χ0n) is 17.1. The van der Waals surface area contributed by atoms with Crippen molar-refractivity contribution in [1.29, 1.82) is 0 Å². The summed E-state index contributed by atoms with van der Waals surface area (Å²) in [6.07, 6.45) is 1.08. The van der Waals surface area contributed by atoms with E-state index >= 15 is 0 Å². The fraction of sp³-hybridized carbons (Fsp3) is 0.304. The second kappa shape index (κ2) is 8.93. The SMILES string of the molecule is CC(=O)c1ccc(NC(=O)C2CCN(C(=O)[C@@H]3Sc4ccccc4NC3=O)CC2)cc1. The van der Waals surface area contributed by atoms with Gasteiger partial charge in [0.2, 0.25) is 17.7 Å². The van der Waals surface area contributed by atoms with Gasteiger partial charge in [0.25, 0.3) is 0 Å². The van der Waals surface area contributed by atoms with Crippen LogP contribution in [0.2, 0.25) is 0 Å². The van der Waals surface area contributed by atoms with Gasteiger partial charge >= 0.3 is 0 Å². The molecule has 0 spiro atoms. The van der Waals surface area contributed by atoms with Crippen molar-refractivity contribution in [2.24, 2.45) is 5.92 Å². The second-order valence-corrected chi connectivity index (χ2v) is 8.85. The molecule has 2 aliphatic rings. The first-order valence-electron chi connectivity index (χ1n) is 10.2. The molecule has 2 aromatic rings. The molecule has 8 heteroatoms. The summed E-state index contributed by atoms with van der Waals surface area (Å²) < 4.78 is 0. The molecule has 3 amide bonds. The molecule has 2 aromatic carbocycles. The number of anilines is 2. The van der Waals surface area contributed by atoms with Gasteiger partial charge in [0.15, 0.2) is 11.0 Å². The number of thioether (sulfide) groups is 1. The highest BCUT2D eigenvalue weighted by Crippen LogP contribution is 2.36. The van der Waals surface area contributed by atoms with E-state index in [0.29, 0.717) is 37.2 Å². The molecular weight excluding hydrogens is 414 g/mol. The van der Waals surface area contributed by atoms with Crippen molar-refractivity contribution in [3.8, 4) is 0 Å². The maximum atomic E-state index is 12.9. The molecule has 0 aliphatic carbocycles. The maximum Gasteiger partial charge on any atom is 0.247 e. The van der Waals surface area contributed by atoms with Crippen molar-refractivity contribution in [2.75, 3.05) is 23.7 Å². The highest BCUT2D eigenvalue weighted by molar-refractivity contribution is 8.01. The van der Waals surface area contributed by atoms with Gasteiger partial charge in [-0.15, -0.1) is 11.8 Å². The lowest BCUT2D eigenvalue weighted by molar-refractivity contribution is -0.136. The summed E-state index contributed by atoms with van der Waals surface area (Å²) in [5, 5.41) is 4.88. The molecule has 1 fully saturated rings. The molecule has 160 valence electrons. The predicted molar refractivity (Wildman–Crippen MR) is 119 cm³/mol. The third-order valence-electron chi connectivity index (χ3n) is 5.59. The number of nitrogens with zero attached hydrogens (tertiary/aromatic N) is 1. The van der Waals surface area contributed by atoms with Gasteiger partial charge in [-0.3, -0.25) is 19.2 Å². The number of Topliss-reactive ketones (excluding diaryl/α,β-unsaturated/α-hetero) is 1. The van der Waals surface area contributed by atoms with Gasteiger partial charge < -0.3 is 15.5 Å². The third-order valence-corrected chi connectivity index (χ3v) is 6.85. The van der Waals surface area contributed by atoms with Crippen LogP contribution < -0.4 is 10.6 Å². The van der Waals surface area contributed by atoms with E-state index in [9.17, 15) is 19.2 Å². The lowest BCUT2D eigenvalue weighted by Gasteiger charge is -2.34. The average Bonchev–Trinajstić information content (AvgIpc) is 2.78. The molecule has 0 aromatic heterocycles. The summed E-state index contributed by atoms with van der Waals surface area (Å²) in [5.41, 5.74) is 1.97. The minimum atomic E-state index is -0.805. The van der Waals surface area contributed by atoms with Crippen LogP contribution in [0.15, 0.2) is 53.4 Å². The second-order valence-electron chi connectivity index (χ2n) is 7.71. The molecule has 2 heterocycles. The van der Waals surface area contributed by atoms with Gasteiger partial charge in [0, 0.05) is 35.2 Å². The zero-order valence-corrected chi connectivity index (χ0v) is 17.9. The fourth-order valence-corrected chi connectivity index (χ4v) is 4.85. The molecule has 0 unspecified atom stereocenters. The van der Waals surface area contributed by atoms with Crippen LogP contribution >= 0.6 is 11.8 Å². The Labute approximate surface area is 184 Å². The van der Waals surface area contributed by atoms with Crippen LogP contribution in [0.4, 0.5) is 11.4 Å². The molecule has 0 saturated carbocycles. The van der Waals surface area contributed by atoms with E-state index in [4.69, 9.17) is 0 Å². The number of para-hydroxylation sites is 1. The topological polar surface area (TPSA) is 95.6 Å². The number of benzene rings is 2. The van der Waals surface area contributed by atoms with E-state index in [-0.39, 0.29) is 29.4 Å². The number of piperidine rings is 1. The van der Waals surface area contributed by atoms with Gasteiger partial charge in [-0.1, -0.05) is 12.1 Å². The molecule has 2 N–H and O–H groups in total. The van der Waals surface area contributed by atoms with E-state index in [1.807, 2.05) is 24.3 Å². The number of nitrogens with one attached hydrogen (secondary N) is 2. The number of amides is 3. The normalized spacial score (nSPS) is 18.7. The van der Waals surface area contributed by atoms with E-state index in [1.165, 1.54) is 18.7 Å². The highest BCUT2D eigenvalue weighted by Gasteiger charge is 2.37. The molecule has 1 saturated heterocycles. The minimum Gasteiger partial charge on any atom is -0.341 e. The summed E-state index contributed by atoms with van der Waals surface area (Å²) in [6, 6.07) is 14.2. The van der Waals surface area contributed by atoms with E-state index in [1.54, 1.807) is 29.2 Å². The number of carbonyl (C=O) groups is 4. The first-order chi connectivity index (χ1) is 14.9. The van der Waals surface area contributed by atoms with Crippen LogP contribution in [-0.4, -0.2) is 46.7 Å². The van der Waals surface area contributed by atoms with Gasteiger partial charge in [0.1, 0.15) is 0 Å². The van der Waals surface area contributed by atoms with Crippen LogP contribution in [0.3, 0.4) is 0 Å². The van der Waals surface area contributed by atoms with Gasteiger partial charge in [-0.05, 0) is 56.2 Å². The smallest absolute Gasteiger partial charge is 0.247 e. The maximum absolute atomic E-state index is 12.9. The molecule has 2 aliphatic heterocycles. The van der Waals surface area contributed by atoms with E-state index in [0.717, 1.165) is 10.6 Å². The number of fused-ring (bicyclic) bond motifs is 1. The van der Waals surface area contributed by atoms with Crippen molar-refractivity contribution in [3.05, 3.63) is 54.1 Å². The molecule has 1 atom stereocenters. The van der Waals surface area contributed by atoms with Crippen LogP contribution in [0.1, 0.15) is 30.1 Å². The first-order valence-corrected chi connectivity index (χ1v) is 11.1. The zero-order chi connectivity index (χ0) is 22.0. The Bertz CT molecular complexity index is 1030. The highest BCUT2D eigenvalue weighted by atomic mass is 32.2. The number of likely N-dealkylation sites (tertiary alicyclic amines) is 1. The lowest BCUT2D eigenvalue weighted by Crippen LogP contribution is -2.48. The largest absolute Gasteiger partial charge is 0.341 e. The van der Waals surface area contributed by atoms with Gasteiger partial charge in [-0.25, -0.2) is 0 Å². The van der Waals surface area contributed by atoms with Crippen LogP contribution in [0.5, 0.6) is 0 Å². The summed E-state index contributed by atoms with van der Waals surface area (Å²) in [6.45, 7) is 2.37. The monoisotopic (exact) mass is 437 g/mol. The van der Waals surface area contributed by atoms with E-state index < -0.39 is 5.25 Å². The van der Waals surface area contributed by atoms with Crippen molar-refractivity contribution >= 4 is 46.6 Å². The van der Waals surface area contributed by atoms with Gasteiger partial charge in [-0.2, -0.15) is 0 Å². The van der Waals surface area contributed by atoms with E-state index in [2.05, 4.69) is 10.6 Å². The van der Waals surface area contributed by atoms with Crippen molar-refractivity contribution in [3.63, 3.8) is 0 Å². The quantitative estimate of drug-likeness (QED) is 0.566. The van der Waals surface area contributed by atoms with Crippen LogP contribution in [0, 0.1) is 5.92 Å². The Balaban J connectivity index is 1.32.